The fourth-order valence-corrected chi connectivity index (χ4v) is 3.26. The lowest BCUT2D eigenvalue weighted by molar-refractivity contribution is 1.09. The van der Waals surface area contributed by atoms with Crippen molar-refractivity contribution in [3.63, 3.8) is 0 Å². The molecule has 0 aliphatic rings. The third-order valence-corrected chi connectivity index (χ3v) is 4.17. The molecule has 0 saturated heterocycles. The zero-order valence-corrected chi connectivity index (χ0v) is 12.9. The molecule has 1 N–H and O–H groups in total. The van der Waals surface area contributed by atoms with Crippen molar-refractivity contribution in [2.24, 2.45) is 0 Å². The van der Waals surface area contributed by atoms with Gasteiger partial charge >= 0.3 is 0 Å². The average molecular weight is 305 g/mol. The first-order valence-corrected chi connectivity index (χ1v) is 7.38. The van der Waals surface area contributed by atoms with Crippen LogP contribution in [0.25, 0.3) is 10.3 Å². The number of halogens is 1. The summed E-state index contributed by atoms with van der Waals surface area (Å²) in [6.07, 6.45) is 0. The molecule has 0 radical (unpaired) electrons. The third-order valence-electron chi connectivity index (χ3n) is 3.04. The monoisotopic (exact) mass is 304 g/mol. The summed E-state index contributed by atoms with van der Waals surface area (Å²) >= 11 is 7.59. The second kappa shape index (κ2) is 5.00. The topological polar surface area (TPSA) is 50.7 Å². The van der Waals surface area contributed by atoms with Crippen molar-refractivity contribution >= 4 is 44.1 Å². The molecule has 2 heterocycles. The highest BCUT2D eigenvalue weighted by Gasteiger charge is 2.12. The lowest BCUT2D eigenvalue weighted by atomic mass is 10.1. The van der Waals surface area contributed by atoms with Crippen LogP contribution in [0.2, 0.25) is 5.15 Å². The quantitative estimate of drug-likeness (QED) is 0.713. The molecule has 4 nitrogen and oxygen atoms in total. The number of nitrogens with one attached hydrogen (secondary N) is 1. The van der Waals surface area contributed by atoms with E-state index >= 15 is 0 Å². The summed E-state index contributed by atoms with van der Waals surface area (Å²) < 4.78 is 0. The van der Waals surface area contributed by atoms with Crippen LogP contribution in [0.3, 0.4) is 0 Å². The lowest BCUT2D eigenvalue weighted by Gasteiger charge is -2.09. The molecule has 0 fully saturated rings. The van der Waals surface area contributed by atoms with Gasteiger partial charge in [-0.1, -0.05) is 41.1 Å². The molecule has 20 heavy (non-hydrogen) atoms. The fraction of sp³-hybridized carbons (Fsp3) is 0.214. The first kappa shape index (κ1) is 13.3. The number of hydrogen-bond acceptors (Lipinski definition) is 5. The number of aromatic nitrogens is 3. The largest absolute Gasteiger partial charge is 0.331 e. The van der Waals surface area contributed by atoms with Gasteiger partial charge in [-0.2, -0.15) is 0 Å². The minimum absolute atomic E-state index is 0.401. The standard InChI is InChI=1S/C14H13ClN4S/c1-7-5-4-6-8(2)10(7)18-14-19-11-12(15)16-9(3)17-13(11)20-14/h4-6H,1-3H3,(H,18,19). The Kier molecular flexibility index (Phi) is 3.31. The molecule has 0 amide bonds. The van der Waals surface area contributed by atoms with Crippen molar-refractivity contribution in [1.29, 1.82) is 0 Å². The molecule has 6 heteroatoms. The van der Waals surface area contributed by atoms with Gasteiger partial charge < -0.3 is 5.32 Å². The van der Waals surface area contributed by atoms with Crippen molar-refractivity contribution in [1.82, 2.24) is 15.0 Å². The van der Waals surface area contributed by atoms with Crippen LogP contribution in [0.15, 0.2) is 18.2 Å². The van der Waals surface area contributed by atoms with Crippen LogP contribution in [0, 0.1) is 20.8 Å². The second-order valence-electron chi connectivity index (χ2n) is 4.63. The van der Waals surface area contributed by atoms with Gasteiger partial charge in [-0.15, -0.1) is 0 Å². The van der Waals surface area contributed by atoms with E-state index in [1.165, 1.54) is 22.5 Å². The van der Waals surface area contributed by atoms with E-state index in [1.54, 1.807) is 0 Å². The van der Waals surface area contributed by atoms with Gasteiger partial charge in [0.05, 0.1) is 0 Å². The van der Waals surface area contributed by atoms with Gasteiger partial charge in [-0.05, 0) is 31.9 Å². The Balaban J connectivity index is 2.06. The van der Waals surface area contributed by atoms with Crippen LogP contribution < -0.4 is 5.32 Å². The number of anilines is 2. The van der Waals surface area contributed by atoms with Crippen LogP contribution >= 0.6 is 22.9 Å². The number of aryl methyl sites for hydroxylation is 3. The van der Waals surface area contributed by atoms with E-state index in [9.17, 15) is 0 Å². The van der Waals surface area contributed by atoms with Gasteiger partial charge in [0, 0.05) is 5.69 Å². The number of para-hydroxylation sites is 1. The molecule has 0 saturated carbocycles. The van der Waals surface area contributed by atoms with Crippen LogP contribution in [-0.4, -0.2) is 15.0 Å². The predicted molar refractivity (Wildman–Crippen MR) is 84.2 cm³/mol. The molecule has 2 aromatic heterocycles. The zero-order valence-electron chi connectivity index (χ0n) is 11.4. The second-order valence-corrected chi connectivity index (χ2v) is 5.96. The Labute approximate surface area is 125 Å². The van der Waals surface area contributed by atoms with E-state index < -0.39 is 0 Å². The molecule has 102 valence electrons. The molecule has 0 aliphatic heterocycles. The molecule has 0 aliphatic carbocycles. The molecule has 0 atom stereocenters. The van der Waals surface area contributed by atoms with Crippen LogP contribution in [0.1, 0.15) is 17.0 Å². The Hall–Kier alpha value is -1.72. The average Bonchev–Trinajstić information content (AvgIpc) is 2.77. The van der Waals surface area contributed by atoms with Crippen molar-refractivity contribution in [3.05, 3.63) is 40.3 Å². The number of rotatable bonds is 2. The van der Waals surface area contributed by atoms with E-state index in [1.807, 2.05) is 13.0 Å². The normalized spacial score (nSPS) is 11.0. The third kappa shape index (κ3) is 2.34. The molecule has 0 bridgehead atoms. The van der Waals surface area contributed by atoms with Gasteiger partial charge in [-0.25, -0.2) is 15.0 Å². The zero-order chi connectivity index (χ0) is 14.3. The predicted octanol–water partition coefficient (Wildman–Crippen LogP) is 4.41. The fourth-order valence-electron chi connectivity index (χ4n) is 2.06. The van der Waals surface area contributed by atoms with Crippen LogP contribution in [0.4, 0.5) is 10.8 Å². The summed E-state index contributed by atoms with van der Waals surface area (Å²) in [5, 5.41) is 4.54. The summed E-state index contributed by atoms with van der Waals surface area (Å²) in [7, 11) is 0. The minimum atomic E-state index is 0.401. The maximum Gasteiger partial charge on any atom is 0.189 e. The number of thiazole rings is 1. The van der Waals surface area contributed by atoms with Gasteiger partial charge in [0.1, 0.15) is 11.3 Å². The van der Waals surface area contributed by atoms with Gasteiger partial charge in [0.2, 0.25) is 0 Å². The minimum Gasteiger partial charge on any atom is -0.331 e. The van der Waals surface area contributed by atoms with E-state index in [0.29, 0.717) is 16.5 Å². The SMILES string of the molecule is Cc1nc(Cl)c2nc(Nc3c(C)cccc3C)sc2n1. The highest BCUT2D eigenvalue weighted by molar-refractivity contribution is 7.21. The molecule has 0 spiro atoms. The van der Waals surface area contributed by atoms with E-state index in [2.05, 4.69) is 46.2 Å². The van der Waals surface area contributed by atoms with E-state index in [0.717, 1.165) is 15.6 Å². The van der Waals surface area contributed by atoms with E-state index in [4.69, 9.17) is 11.6 Å². The molecule has 3 rings (SSSR count). The number of benzene rings is 1. The summed E-state index contributed by atoms with van der Waals surface area (Å²) in [5.41, 5.74) is 4.08. The summed E-state index contributed by atoms with van der Waals surface area (Å²) in [6.45, 7) is 5.96. The molecular weight excluding hydrogens is 292 g/mol. The highest BCUT2D eigenvalue weighted by Crippen LogP contribution is 2.32. The molecule has 3 aromatic rings. The number of nitrogens with zero attached hydrogens (tertiary/aromatic N) is 3. The van der Waals surface area contributed by atoms with Crippen molar-refractivity contribution in [2.45, 2.75) is 20.8 Å². The Morgan fingerprint density at radius 3 is 2.45 bits per heavy atom. The molecular formula is C14H13ClN4S. The number of fused-ring (bicyclic) bond motifs is 1. The smallest absolute Gasteiger partial charge is 0.189 e. The molecule has 1 aromatic carbocycles. The van der Waals surface area contributed by atoms with Crippen LogP contribution in [0.5, 0.6) is 0 Å². The van der Waals surface area contributed by atoms with Gasteiger partial charge in [0.25, 0.3) is 0 Å². The Bertz CT molecular complexity index is 777. The van der Waals surface area contributed by atoms with Gasteiger partial charge in [-0.3, -0.25) is 0 Å². The first-order chi connectivity index (χ1) is 9.54. The summed E-state index contributed by atoms with van der Waals surface area (Å²) in [5.74, 6) is 0.657. The Morgan fingerprint density at radius 1 is 1.05 bits per heavy atom. The first-order valence-electron chi connectivity index (χ1n) is 6.18. The number of hydrogen-bond donors (Lipinski definition) is 1. The van der Waals surface area contributed by atoms with Crippen molar-refractivity contribution in [2.75, 3.05) is 5.32 Å². The Morgan fingerprint density at radius 2 is 1.75 bits per heavy atom. The maximum atomic E-state index is 6.11. The van der Waals surface area contributed by atoms with Crippen molar-refractivity contribution in [3.8, 4) is 0 Å². The lowest BCUT2D eigenvalue weighted by Crippen LogP contribution is -1.95. The summed E-state index contributed by atoms with van der Waals surface area (Å²) in [4.78, 5) is 13.8. The molecule has 0 unspecified atom stereocenters. The van der Waals surface area contributed by atoms with Gasteiger partial charge in [0.15, 0.2) is 15.1 Å². The highest BCUT2D eigenvalue weighted by atomic mass is 35.5. The summed E-state index contributed by atoms with van der Waals surface area (Å²) in [6, 6.07) is 6.18. The van der Waals surface area contributed by atoms with Crippen LogP contribution in [-0.2, 0) is 0 Å². The maximum absolute atomic E-state index is 6.11. The van der Waals surface area contributed by atoms with E-state index in [-0.39, 0.29) is 0 Å². The van der Waals surface area contributed by atoms with Crippen molar-refractivity contribution < 1.29 is 0 Å².